The Balaban J connectivity index is 0.000000197. The Bertz CT molecular complexity index is 2810. The van der Waals surface area contributed by atoms with E-state index >= 15 is 0 Å². The lowest BCUT2D eigenvalue weighted by Crippen LogP contribution is -2.44. The van der Waals surface area contributed by atoms with Gasteiger partial charge in [-0.2, -0.15) is 0 Å². The van der Waals surface area contributed by atoms with Gasteiger partial charge in [0.1, 0.15) is 24.7 Å². The lowest BCUT2D eigenvalue weighted by atomic mass is 9.94. The summed E-state index contributed by atoms with van der Waals surface area (Å²) in [5.74, 6) is -3.44. The molecule has 21 heteroatoms. The highest BCUT2D eigenvalue weighted by Crippen LogP contribution is 2.47. The summed E-state index contributed by atoms with van der Waals surface area (Å²) in [6.07, 6.45) is 3.13. The number of ether oxygens (including phenoxy) is 2. The molecule has 388 valence electrons. The number of carboxylic acids is 1. The molecular weight excluding hydrogens is 951 g/mol. The molecule has 4 saturated heterocycles. The number of amides is 9. The van der Waals surface area contributed by atoms with Crippen LogP contribution in [0.1, 0.15) is 98.8 Å². The molecule has 4 fully saturated rings. The number of nitrogens with zero attached hydrogens (tertiary/aromatic N) is 3. The number of anilines is 2. The minimum atomic E-state index is -1.48. The molecule has 10 rings (SSSR count). The number of carboxylic acid groups (broad SMARTS) is 1. The van der Waals surface area contributed by atoms with Crippen molar-refractivity contribution >= 4 is 59.3 Å². The topological polar surface area (TPSA) is 245 Å². The minimum Gasteiger partial charge on any atom is -0.480 e. The molecule has 0 aromatic heterocycles. The summed E-state index contributed by atoms with van der Waals surface area (Å²) >= 11 is 0. The van der Waals surface area contributed by atoms with Crippen LogP contribution >= 0.6 is 0 Å². The van der Waals surface area contributed by atoms with Crippen molar-refractivity contribution < 1.29 is 61.7 Å². The minimum absolute atomic E-state index is 0. The molecule has 4 heterocycles. The average Bonchev–Trinajstić information content (AvgIpc) is 4.24. The summed E-state index contributed by atoms with van der Waals surface area (Å²) in [6.45, 7) is 0.240. The van der Waals surface area contributed by atoms with E-state index in [0.717, 1.165) is 41.0 Å². The Morgan fingerprint density at radius 3 is 1.64 bits per heavy atom. The lowest BCUT2D eigenvalue weighted by Gasteiger charge is -2.27. The van der Waals surface area contributed by atoms with Crippen molar-refractivity contribution in [1.29, 1.82) is 0 Å². The van der Waals surface area contributed by atoms with Crippen LogP contribution in [0.4, 0.5) is 39.3 Å². The molecule has 73 heavy (non-hydrogen) atoms. The summed E-state index contributed by atoms with van der Waals surface area (Å²) in [4.78, 5) is 101. The van der Waals surface area contributed by atoms with Crippen molar-refractivity contribution in [1.82, 2.24) is 30.7 Å². The van der Waals surface area contributed by atoms with Crippen molar-refractivity contribution in [2.24, 2.45) is 0 Å². The molecule has 2 aliphatic carbocycles. The molecule has 2 unspecified atom stereocenters. The maximum atomic E-state index is 14.4. The molecule has 0 radical (unpaired) electrons. The summed E-state index contributed by atoms with van der Waals surface area (Å²) in [5.41, 5.74) is 2.03. The SMILES string of the molecule is C.C.CNC(=O)Nc1ccc2c(c1)CC[C@@]21OC(=O)N(CC(=O)N2CCCC2c2ccccc2F)C1=O.CNC(=O)Nc1ccc2c(c1)CC[C@@]21OC(=O)N(CC(=O)O)C1=O.Fc1ccccc1C1CCCN1. The lowest BCUT2D eigenvalue weighted by molar-refractivity contribution is -0.144. The first kappa shape index (κ1) is 54.4. The normalized spacial score (nSPS) is 21.9. The van der Waals surface area contributed by atoms with Crippen LogP contribution in [0.5, 0.6) is 0 Å². The number of carbonyl (C=O) groups excluding carboxylic acids is 7. The van der Waals surface area contributed by atoms with Gasteiger partial charge in [-0.05, 0) is 92.6 Å². The van der Waals surface area contributed by atoms with Crippen LogP contribution in [-0.4, -0.2) is 108 Å². The van der Waals surface area contributed by atoms with E-state index < -0.39 is 66.2 Å². The number of aliphatic carboxylic acids is 1. The largest absolute Gasteiger partial charge is 0.480 e. The van der Waals surface area contributed by atoms with E-state index in [4.69, 9.17) is 14.6 Å². The molecule has 4 aromatic carbocycles. The van der Waals surface area contributed by atoms with E-state index in [2.05, 4.69) is 26.6 Å². The number of fused-ring (bicyclic) bond motifs is 4. The Hall–Kier alpha value is -7.94. The van der Waals surface area contributed by atoms with E-state index in [9.17, 15) is 47.1 Å². The second-order valence-corrected chi connectivity index (χ2v) is 17.7. The van der Waals surface area contributed by atoms with Crippen LogP contribution in [-0.2, 0) is 52.7 Å². The van der Waals surface area contributed by atoms with E-state index in [1.165, 1.54) is 31.1 Å². The molecule has 6 aliphatic rings. The number of imide groups is 2. The van der Waals surface area contributed by atoms with Crippen LogP contribution in [0.2, 0.25) is 0 Å². The molecule has 4 aliphatic heterocycles. The highest BCUT2D eigenvalue weighted by Gasteiger charge is 2.60. The van der Waals surface area contributed by atoms with Crippen LogP contribution in [0, 0.1) is 11.6 Å². The second-order valence-electron chi connectivity index (χ2n) is 17.7. The maximum absolute atomic E-state index is 14.4. The highest BCUT2D eigenvalue weighted by molar-refractivity contribution is 6.07. The maximum Gasteiger partial charge on any atom is 0.418 e. The van der Waals surface area contributed by atoms with Crippen LogP contribution in [0.3, 0.4) is 0 Å². The third-order valence-corrected chi connectivity index (χ3v) is 13.5. The summed E-state index contributed by atoms with van der Waals surface area (Å²) in [5, 5.41) is 22.3. The third-order valence-electron chi connectivity index (χ3n) is 13.5. The van der Waals surface area contributed by atoms with Crippen LogP contribution in [0.25, 0.3) is 0 Å². The van der Waals surface area contributed by atoms with Gasteiger partial charge in [-0.3, -0.25) is 19.2 Å². The van der Waals surface area contributed by atoms with E-state index in [1.807, 2.05) is 12.1 Å². The number of nitrogens with one attached hydrogen (secondary N) is 5. The van der Waals surface area contributed by atoms with Gasteiger partial charge in [-0.15, -0.1) is 0 Å². The molecule has 6 N–H and O–H groups in total. The smallest absolute Gasteiger partial charge is 0.418 e. The van der Waals surface area contributed by atoms with Gasteiger partial charge < -0.3 is 46.1 Å². The van der Waals surface area contributed by atoms with Gasteiger partial charge in [-0.1, -0.05) is 63.4 Å². The first-order valence-electron chi connectivity index (χ1n) is 23.2. The Morgan fingerprint density at radius 1 is 0.685 bits per heavy atom. The fraction of sp³-hybridized carbons (Fsp3) is 0.385. The molecular formula is C52H60F2N8O11. The quantitative estimate of drug-likeness (QED) is 0.102. The highest BCUT2D eigenvalue weighted by atomic mass is 19.1. The average molecular weight is 1010 g/mol. The standard InChI is InChI=1S/C25H25FN4O5.C15H15N3O6.C10H12FN.2CH4/c1-27-23(33)28-16-8-9-18-15(13-16)10-11-25(18)22(32)30(24(34)35-25)14-21(31)29-12-4-7-20(29)17-5-2-3-6-19(17)26;1-16-13(22)17-9-2-3-10-8(6-9)4-5-15(10)12(21)18(7-11(19)20)14(23)24-15;11-9-5-2-1-4-8(9)10-6-3-7-12-10;;/h2-3,5-6,8-9,13,20H,4,7,10-12,14H2,1H3,(H2,27,28,33);2-3,6H,4-5,7H2,1H3,(H,19,20)(H2,16,17,22);1-2,4-5,10,12H,3,6-7H2;2*1H4/t20?,25-;15-;;;/m11.../s1. The zero-order valence-electron chi connectivity index (χ0n) is 38.9. The first-order valence-corrected chi connectivity index (χ1v) is 23.2. The molecule has 9 amide bonds. The van der Waals surface area contributed by atoms with Gasteiger partial charge in [0, 0.05) is 73.2 Å². The van der Waals surface area contributed by atoms with Gasteiger partial charge >= 0.3 is 30.2 Å². The van der Waals surface area contributed by atoms with Crippen molar-refractivity contribution in [3.63, 3.8) is 0 Å². The molecule has 2 spiro atoms. The molecule has 0 bridgehead atoms. The zero-order valence-corrected chi connectivity index (χ0v) is 38.9. The third kappa shape index (κ3) is 10.8. The fourth-order valence-corrected chi connectivity index (χ4v) is 10.1. The molecule has 0 saturated carbocycles. The van der Waals surface area contributed by atoms with Crippen LogP contribution < -0.4 is 26.6 Å². The van der Waals surface area contributed by atoms with Crippen molar-refractivity contribution in [2.75, 3.05) is 50.9 Å². The number of aryl methyl sites for hydroxylation is 2. The summed E-state index contributed by atoms with van der Waals surface area (Å²) in [7, 11) is 3.00. The zero-order chi connectivity index (χ0) is 50.6. The van der Waals surface area contributed by atoms with Crippen LogP contribution in [0.15, 0.2) is 84.9 Å². The van der Waals surface area contributed by atoms with Crippen molar-refractivity contribution in [2.45, 2.75) is 89.5 Å². The molecule has 4 aromatic rings. The van der Waals surface area contributed by atoms with Gasteiger partial charge in [0.25, 0.3) is 11.8 Å². The number of halogens is 2. The monoisotopic (exact) mass is 1010 g/mol. The van der Waals surface area contributed by atoms with Gasteiger partial charge in [0.15, 0.2) is 0 Å². The molecule has 19 nitrogen and oxygen atoms in total. The van der Waals surface area contributed by atoms with E-state index in [0.29, 0.717) is 65.2 Å². The number of rotatable bonds is 8. The van der Waals surface area contributed by atoms with Gasteiger partial charge in [0.05, 0.1) is 6.04 Å². The van der Waals surface area contributed by atoms with E-state index in [1.54, 1.807) is 60.7 Å². The first-order chi connectivity index (χ1) is 34.1. The van der Waals surface area contributed by atoms with Crippen molar-refractivity contribution in [3.8, 4) is 0 Å². The van der Waals surface area contributed by atoms with Crippen molar-refractivity contribution in [3.05, 3.63) is 130 Å². The predicted molar refractivity (Wildman–Crippen MR) is 263 cm³/mol. The van der Waals surface area contributed by atoms with E-state index in [-0.39, 0.29) is 57.4 Å². The fourth-order valence-electron chi connectivity index (χ4n) is 10.1. The Labute approximate surface area is 420 Å². The number of hydrogen-bond acceptors (Lipinski definition) is 11. The summed E-state index contributed by atoms with van der Waals surface area (Å²) < 4.78 is 38.4. The predicted octanol–water partition coefficient (Wildman–Crippen LogP) is 7.23. The number of urea groups is 2. The number of likely N-dealkylation sites (tertiary alicyclic amines) is 1. The van der Waals surface area contributed by atoms with Gasteiger partial charge in [-0.25, -0.2) is 37.8 Å². The second kappa shape index (κ2) is 22.6. The molecule has 4 atom stereocenters. The number of benzene rings is 4. The number of carbonyl (C=O) groups is 8. The Kier molecular flexibility index (Phi) is 16.9. The number of hydrogen-bond donors (Lipinski definition) is 6. The Morgan fingerprint density at radius 2 is 1.18 bits per heavy atom. The summed E-state index contributed by atoms with van der Waals surface area (Å²) in [6, 6.07) is 22.3. The van der Waals surface area contributed by atoms with Gasteiger partial charge in [0.2, 0.25) is 17.1 Å².